The van der Waals surface area contributed by atoms with Gasteiger partial charge in [0.25, 0.3) is 0 Å². The fourth-order valence-electron chi connectivity index (χ4n) is 3.96. The van der Waals surface area contributed by atoms with Crippen LogP contribution in [0, 0.1) is 0 Å². The van der Waals surface area contributed by atoms with Gasteiger partial charge in [-0.2, -0.15) is 0 Å². The summed E-state index contributed by atoms with van der Waals surface area (Å²) in [4.78, 5) is 7.56. The Kier molecular flexibility index (Phi) is 7.54. The minimum absolute atomic E-state index is 0. The molecule has 0 aliphatic heterocycles. The van der Waals surface area contributed by atoms with Gasteiger partial charge in [-0.1, -0.05) is 66.7 Å². The highest BCUT2D eigenvalue weighted by Gasteiger charge is 2.34. The summed E-state index contributed by atoms with van der Waals surface area (Å²) in [5, 5.41) is 1.05. The van der Waals surface area contributed by atoms with Crippen molar-refractivity contribution in [3.8, 4) is 32.3 Å². The Labute approximate surface area is 197 Å². The molecular formula is C26H28N2O2S2. The van der Waals surface area contributed by atoms with Crippen LogP contribution in [0.25, 0.3) is 32.3 Å². The van der Waals surface area contributed by atoms with Crippen molar-refractivity contribution in [2.75, 3.05) is 6.26 Å². The summed E-state index contributed by atoms with van der Waals surface area (Å²) in [5.74, 6) is 0. The summed E-state index contributed by atoms with van der Waals surface area (Å²) in [6, 6.07) is 28.0. The molecule has 1 aliphatic rings. The first-order valence-corrected chi connectivity index (χ1v) is 12.3. The zero-order chi connectivity index (χ0) is 20.6. The first-order valence-electron chi connectivity index (χ1n) is 10.3. The number of thiazole rings is 1. The summed E-state index contributed by atoms with van der Waals surface area (Å²) >= 11 is 3.51. The van der Waals surface area contributed by atoms with Crippen LogP contribution >= 0.6 is 23.1 Å². The molecule has 1 saturated carbocycles. The van der Waals surface area contributed by atoms with Crippen LogP contribution in [0.5, 0.6) is 0 Å². The van der Waals surface area contributed by atoms with Crippen LogP contribution in [0.2, 0.25) is 0 Å². The summed E-state index contributed by atoms with van der Waals surface area (Å²) in [7, 11) is 0. The van der Waals surface area contributed by atoms with E-state index in [0.29, 0.717) is 0 Å². The molecule has 0 saturated heterocycles. The lowest BCUT2D eigenvalue weighted by Gasteiger charge is -2.38. The molecule has 1 aromatic heterocycles. The third-order valence-electron chi connectivity index (χ3n) is 5.98. The minimum Gasteiger partial charge on any atom is -0.412 e. The van der Waals surface area contributed by atoms with Gasteiger partial charge in [0.05, 0.1) is 10.6 Å². The highest BCUT2D eigenvalue weighted by atomic mass is 32.2. The lowest BCUT2D eigenvalue weighted by Crippen LogP contribution is -2.43. The maximum Gasteiger partial charge on any atom is 0.124 e. The van der Waals surface area contributed by atoms with E-state index in [1.54, 1.807) is 23.1 Å². The first kappa shape index (κ1) is 24.2. The number of nitrogens with two attached hydrogens (primary N) is 1. The number of hydrogen-bond donors (Lipinski definition) is 1. The fraction of sp³-hybridized carbons (Fsp3) is 0.192. The van der Waals surface area contributed by atoms with Gasteiger partial charge < -0.3 is 16.7 Å². The Bertz CT molecular complexity index is 1150. The molecule has 32 heavy (non-hydrogen) atoms. The third-order valence-corrected chi connectivity index (χ3v) is 7.88. The molecule has 6 heteroatoms. The number of rotatable bonds is 5. The number of thioether (sulfide) groups is 1. The van der Waals surface area contributed by atoms with Crippen molar-refractivity contribution >= 4 is 23.1 Å². The molecule has 0 amide bonds. The number of benzene rings is 3. The van der Waals surface area contributed by atoms with Crippen molar-refractivity contribution in [3.63, 3.8) is 0 Å². The van der Waals surface area contributed by atoms with Crippen molar-refractivity contribution in [1.82, 2.24) is 4.98 Å². The monoisotopic (exact) mass is 464 g/mol. The Hall–Kier alpha value is -2.48. The van der Waals surface area contributed by atoms with Gasteiger partial charge >= 0.3 is 0 Å². The van der Waals surface area contributed by atoms with Crippen LogP contribution in [0.15, 0.2) is 83.8 Å². The predicted molar refractivity (Wildman–Crippen MR) is 137 cm³/mol. The highest BCUT2D eigenvalue weighted by molar-refractivity contribution is 7.98. The molecule has 1 fully saturated rings. The molecular weight excluding hydrogens is 436 g/mol. The Morgan fingerprint density at radius 3 is 2.00 bits per heavy atom. The first-order chi connectivity index (χ1) is 14.7. The van der Waals surface area contributed by atoms with Gasteiger partial charge in [-0.25, -0.2) is 4.98 Å². The molecule has 5 rings (SSSR count). The van der Waals surface area contributed by atoms with E-state index >= 15 is 0 Å². The molecule has 0 atom stereocenters. The molecule has 0 bridgehead atoms. The van der Waals surface area contributed by atoms with Crippen molar-refractivity contribution < 1.29 is 11.0 Å². The van der Waals surface area contributed by atoms with E-state index in [-0.39, 0.29) is 16.5 Å². The van der Waals surface area contributed by atoms with Crippen LogP contribution in [0.3, 0.4) is 0 Å². The van der Waals surface area contributed by atoms with Crippen LogP contribution in [-0.2, 0) is 5.54 Å². The van der Waals surface area contributed by atoms with Gasteiger partial charge in [-0.05, 0) is 48.8 Å². The van der Waals surface area contributed by atoms with Gasteiger partial charge in [0, 0.05) is 21.6 Å². The van der Waals surface area contributed by atoms with Gasteiger partial charge in [-0.3, -0.25) is 0 Å². The van der Waals surface area contributed by atoms with E-state index in [1.165, 1.54) is 27.3 Å². The minimum atomic E-state index is -0.132. The SMILES string of the molecule is CSc1ccc(-c2nc(-c3ccc(C4(N)CCC4)cc3)c(-c3ccccc3)s2)cc1.O.O. The summed E-state index contributed by atoms with van der Waals surface area (Å²) < 4.78 is 0. The lowest BCUT2D eigenvalue weighted by atomic mass is 9.72. The van der Waals surface area contributed by atoms with E-state index in [4.69, 9.17) is 10.7 Å². The second-order valence-corrected chi connectivity index (χ2v) is 9.76. The van der Waals surface area contributed by atoms with E-state index in [9.17, 15) is 0 Å². The molecule has 166 valence electrons. The molecule has 3 aromatic carbocycles. The van der Waals surface area contributed by atoms with E-state index < -0.39 is 0 Å². The van der Waals surface area contributed by atoms with E-state index in [2.05, 4.69) is 85.1 Å². The molecule has 1 heterocycles. The molecule has 6 N–H and O–H groups in total. The van der Waals surface area contributed by atoms with Crippen molar-refractivity contribution in [2.24, 2.45) is 5.73 Å². The normalized spacial score (nSPS) is 14.1. The standard InChI is InChI=1S/C26H24N2S2.2H2O/c1-29-22-14-10-20(11-15-22)25-28-23(24(30-25)19-6-3-2-4-7-19)18-8-12-21(13-9-18)26(27)16-5-17-26;;/h2-4,6-15H,5,16-17,27H2,1H3;2*1H2. The molecule has 4 aromatic rings. The Morgan fingerprint density at radius 1 is 0.812 bits per heavy atom. The summed E-state index contributed by atoms with van der Waals surface area (Å²) in [6.07, 6.45) is 5.48. The molecule has 0 radical (unpaired) electrons. The van der Waals surface area contributed by atoms with Crippen LogP contribution in [0.4, 0.5) is 0 Å². The van der Waals surface area contributed by atoms with Gasteiger partial charge in [0.15, 0.2) is 0 Å². The Balaban J connectivity index is 0.00000144. The quantitative estimate of drug-likeness (QED) is 0.391. The molecule has 0 spiro atoms. The van der Waals surface area contributed by atoms with E-state index in [0.717, 1.165) is 34.7 Å². The largest absolute Gasteiger partial charge is 0.412 e. The summed E-state index contributed by atoms with van der Waals surface area (Å²) in [6.45, 7) is 0. The number of hydrogen-bond acceptors (Lipinski definition) is 4. The van der Waals surface area contributed by atoms with Crippen molar-refractivity contribution in [2.45, 2.75) is 29.7 Å². The Morgan fingerprint density at radius 2 is 1.44 bits per heavy atom. The van der Waals surface area contributed by atoms with Crippen molar-refractivity contribution in [3.05, 3.63) is 84.4 Å². The van der Waals surface area contributed by atoms with Gasteiger partial charge in [-0.15, -0.1) is 23.1 Å². The van der Waals surface area contributed by atoms with Crippen LogP contribution in [0.1, 0.15) is 24.8 Å². The summed E-state index contributed by atoms with van der Waals surface area (Å²) in [5.41, 5.74) is 12.2. The average Bonchev–Trinajstić information content (AvgIpc) is 3.24. The van der Waals surface area contributed by atoms with E-state index in [1.807, 2.05) is 0 Å². The van der Waals surface area contributed by atoms with Crippen LogP contribution < -0.4 is 5.73 Å². The second-order valence-electron chi connectivity index (χ2n) is 7.88. The fourth-order valence-corrected chi connectivity index (χ4v) is 5.47. The van der Waals surface area contributed by atoms with Crippen molar-refractivity contribution in [1.29, 1.82) is 0 Å². The zero-order valence-electron chi connectivity index (χ0n) is 18.0. The van der Waals surface area contributed by atoms with Crippen LogP contribution in [-0.4, -0.2) is 22.2 Å². The van der Waals surface area contributed by atoms with Gasteiger partial charge in [0.2, 0.25) is 0 Å². The smallest absolute Gasteiger partial charge is 0.124 e. The molecule has 0 unspecified atom stereocenters. The maximum atomic E-state index is 6.52. The highest BCUT2D eigenvalue weighted by Crippen LogP contribution is 2.42. The number of nitrogens with zero attached hydrogens (tertiary/aromatic N) is 1. The molecule has 4 nitrogen and oxygen atoms in total. The predicted octanol–water partition coefficient (Wildman–Crippen LogP) is 5.55. The topological polar surface area (TPSA) is 102 Å². The zero-order valence-corrected chi connectivity index (χ0v) is 19.6. The second kappa shape index (κ2) is 9.98. The third kappa shape index (κ3) is 4.51. The number of aromatic nitrogens is 1. The molecule has 1 aliphatic carbocycles. The average molecular weight is 465 g/mol. The van der Waals surface area contributed by atoms with Gasteiger partial charge in [0.1, 0.15) is 5.01 Å². The maximum absolute atomic E-state index is 6.52. The lowest BCUT2D eigenvalue weighted by molar-refractivity contribution is 0.253.